The lowest BCUT2D eigenvalue weighted by atomic mass is 10.1. The minimum atomic E-state index is 0.151. The van der Waals surface area contributed by atoms with E-state index in [-0.39, 0.29) is 6.04 Å². The van der Waals surface area contributed by atoms with Gasteiger partial charge in [-0.1, -0.05) is 24.3 Å². The number of nitrogens with zero attached hydrogens (tertiary/aromatic N) is 3. The van der Waals surface area contributed by atoms with Crippen molar-refractivity contribution < 1.29 is 0 Å². The predicted octanol–water partition coefficient (Wildman–Crippen LogP) is 3.51. The van der Waals surface area contributed by atoms with Crippen LogP contribution in [-0.4, -0.2) is 15.2 Å². The molecule has 2 heterocycles. The first-order chi connectivity index (χ1) is 9.75. The summed E-state index contributed by atoms with van der Waals surface area (Å²) in [5.74, 6) is 0.815. The smallest absolute Gasteiger partial charge is 0.157 e. The van der Waals surface area contributed by atoms with Crippen molar-refractivity contribution in [2.24, 2.45) is 0 Å². The van der Waals surface area contributed by atoms with Gasteiger partial charge in [-0.2, -0.15) is 5.10 Å². The summed E-state index contributed by atoms with van der Waals surface area (Å²) < 4.78 is 0. The Hall–Kier alpha value is -2.49. The van der Waals surface area contributed by atoms with Crippen molar-refractivity contribution in [3.63, 3.8) is 0 Å². The second kappa shape index (κ2) is 5.25. The maximum Gasteiger partial charge on any atom is 0.157 e. The zero-order valence-corrected chi connectivity index (χ0v) is 11.5. The summed E-state index contributed by atoms with van der Waals surface area (Å²) in [7, 11) is 0. The Kier molecular flexibility index (Phi) is 3.29. The number of aryl methyl sites for hydroxylation is 1. The maximum atomic E-state index is 4.30. The summed E-state index contributed by atoms with van der Waals surface area (Å²) in [4.78, 5) is 4.04. The van der Waals surface area contributed by atoms with E-state index in [0.717, 1.165) is 22.3 Å². The van der Waals surface area contributed by atoms with Crippen LogP contribution in [0.1, 0.15) is 24.2 Å². The third-order valence-electron chi connectivity index (χ3n) is 3.43. The van der Waals surface area contributed by atoms with Crippen molar-refractivity contribution >= 4 is 16.6 Å². The Labute approximate surface area is 117 Å². The van der Waals surface area contributed by atoms with Gasteiger partial charge in [0.05, 0.1) is 11.7 Å². The van der Waals surface area contributed by atoms with Crippen LogP contribution in [0, 0.1) is 6.92 Å². The Morgan fingerprint density at radius 1 is 0.950 bits per heavy atom. The Balaban J connectivity index is 1.97. The van der Waals surface area contributed by atoms with Crippen molar-refractivity contribution in [3.8, 4) is 0 Å². The number of benzene rings is 1. The SMILES string of the molecule is Cc1nnc(NC(C)c2ccncc2)c2ccccc12. The summed E-state index contributed by atoms with van der Waals surface area (Å²) in [6, 6.07) is 12.3. The van der Waals surface area contributed by atoms with Gasteiger partial charge in [-0.3, -0.25) is 4.98 Å². The van der Waals surface area contributed by atoms with Gasteiger partial charge in [0.25, 0.3) is 0 Å². The highest BCUT2D eigenvalue weighted by Crippen LogP contribution is 2.25. The molecule has 3 rings (SSSR count). The molecule has 1 N–H and O–H groups in total. The van der Waals surface area contributed by atoms with Gasteiger partial charge in [-0.05, 0) is 31.5 Å². The van der Waals surface area contributed by atoms with E-state index in [9.17, 15) is 0 Å². The lowest BCUT2D eigenvalue weighted by Gasteiger charge is -2.16. The number of fused-ring (bicyclic) bond motifs is 1. The van der Waals surface area contributed by atoms with E-state index in [4.69, 9.17) is 0 Å². The van der Waals surface area contributed by atoms with Gasteiger partial charge in [0.1, 0.15) is 0 Å². The molecule has 0 saturated carbocycles. The third kappa shape index (κ3) is 2.32. The average molecular weight is 264 g/mol. The van der Waals surface area contributed by atoms with Crippen molar-refractivity contribution in [2.75, 3.05) is 5.32 Å². The van der Waals surface area contributed by atoms with Gasteiger partial charge in [0.15, 0.2) is 5.82 Å². The first-order valence-electron chi connectivity index (χ1n) is 6.64. The summed E-state index contributed by atoms with van der Waals surface area (Å²) in [5.41, 5.74) is 2.12. The molecule has 4 heteroatoms. The molecule has 100 valence electrons. The molecule has 1 atom stereocenters. The quantitative estimate of drug-likeness (QED) is 0.786. The van der Waals surface area contributed by atoms with Crippen molar-refractivity contribution in [1.29, 1.82) is 0 Å². The lowest BCUT2D eigenvalue weighted by molar-refractivity contribution is 0.859. The number of anilines is 1. The Morgan fingerprint density at radius 3 is 2.40 bits per heavy atom. The van der Waals surface area contributed by atoms with Gasteiger partial charge >= 0.3 is 0 Å². The number of hydrogen-bond acceptors (Lipinski definition) is 4. The fraction of sp³-hybridized carbons (Fsp3) is 0.188. The van der Waals surface area contributed by atoms with E-state index >= 15 is 0 Å². The highest BCUT2D eigenvalue weighted by Gasteiger charge is 2.10. The zero-order chi connectivity index (χ0) is 13.9. The summed E-state index contributed by atoms with van der Waals surface area (Å²) in [6.07, 6.45) is 3.60. The second-order valence-electron chi connectivity index (χ2n) is 4.83. The van der Waals surface area contributed by atoms with E-state index in [0.29, 0.717) is 0 Å². The number of rotatable bonds is 3. The minimum Gasteiger partial charge on any atom is -0.362 e. The van der Waals surface area contributed by atoms with E-state index in [1.165, 1.54) is 5.56 Å². The van der Waals surface area contributed by atoms with Crippen LogP contribution in [0.3, 0.4) is 0 Å². The highest BCUT2D eigenvalue weighted by molar-refractivity contribution is 5.92. The van der Waals surface area contributed by atoms with Gasteiger partial charge in [-0.25, -0.2) is 0 Å². The van der Waals surface area contributed by atoms with Crippen LogP contribution in [0.4, 0.5) is 5.82 Å². The Bertz CT molecular complexity index is 725. The fourth-order valence-electron chi connectivity index (χ4n) is 2.28. The monoisotopic (exact) mass is 264 g/mol. The molecule has 20 heavy (non-hydrogen) atoms. The first kappa shape index (κ1) is 12.5. The number of pyridine rings is 1. The van der Waals surface area contributed by atoms with Crippen LogP contribution < -0.4 is 5.32 Å². The molecule has 0 saturated heterocycles. The molecule has 1 aromatic carbocycles. The molecule has 0 aliphatic heterocycles. The van der Waals surface area contributed by atoms with Crippen LogP contribution in [0.5, 0.6) is 0 Å². The van der Waals surface area contributed by atoms with Crippen LogP contribution in [-0.2, 0) is 0 Å². The molecule has 0 aliphatic carbocycles. The molecular weight excluding hydrogens is 248 g/mol. The summed E-state index contributed by atoms with van der Waals surface area (Å²) in [6.45, 7) is 4.08. The van der Waals surface area contributed by atoms with E-state index < -0.39 is 0 Å². The van der Waals surface area contributed by atoms with Gasteiger partial charge < -0.3 is 5.32 Å². The summed E-state index contributed by atoms with van der Waals surface area (Å²) in [5, 5.41) is 14.2. The molecule has 0 radical (unpaired) electrons. The third-order valence-corrected chi connectivity index (χ3v) is 3.43. The largest absolute Gasteiger partial charge is 0.362 e. The van der Waals surface area contributed by atoms with E-state index in [2.05, 4.69) is 39.6 Å². The van der Waals surface area contributed by atoms with Gasteiger partial charge in [0.2, 0.25) is 0 Å². The van der Waals surface area contributed by atoms with Gasteiger partial charge in [-0.15, -0.1) is 5.10 Å². The number of aromatic nitrogens is 3. The number of hydrogen-bond donors (Lipinski definition) is 1. The standard InChI is InChI=1S/C16H16N4/c1-11(13-7-9-17-10-8-13)18-16-15-6-4-3-5-14(15)12(2)19-20-16/h3-11H,1-2H3,(H,18,20). The topological polar surface area (TPSA) is 50.7 Å². The number of nitrogens with one attached hydrogen (secondary N) is 1. The van der Waals surface area contributed by atoms with Crippen molar-refractivity contribution in [2.45, 2.75) is 19.9 Å². The van der Waals surface area contributed by atoms with Crippen molar-refractivity contribution in [1.82, 2.24) is 15.2 Å². The Morgan fingerprint density at radius 2 is 1.65 bits per heavy atom. The molecule has 3 aromatic rings. The highest BCUT2D eigenvalue weighted by atomic mass is 15.2. The fourth-order valence-corrected chi connectivity index (χ4v) is 2.28. The molecule has 4 nitrogen and oxygen atoms in total. The van der Waals surface area contributed by atoms with Crippen LogP contribution in [0.15, 0.2) is 48.8 Å². The molecule has 0 bridgehead atoms. The van der Waals surface area contributed by atoms with Crippen LogP contribution in [0.25, 0.3) is 10.8 Å². The van der Waals surface area contributed by atoms with Crippen LogP contribution >= 0.6 is 0 Å². The maximum absolute atomic E-state index is 4.30. The van der Waals surface area contributed by atoms with Crippen molar-refractivity contribution in [3.05, 3.63) is 60.0 Å². The zero-order valence-electron chi connectivity index (χ0n) is 11.5. The molecule has 0 aliphatic rings. The second-order valence-corrected chi connectivity index (χ2v) is 4.83. The summed E-state index contributed by atoms with van der Waals surface area (Å²) >= 11 is 0. The molecule has 0 amide bonds. The molecule has 1 unspecified atom stereocenters. The molecular formula is C16H16N4. The minimum absolute atomic E-state index is 0.151. The van der Waals surface area contributed by atoms with E-state index in [1.54, 1.807) is 12.4 Å². The molecule has 0 spiro atoms. The van der Waals surface area contributed by atoms with Crippen LogP contribution in [0.2, 0.25) is 0 Å². The normalized spacial score (nSPS) is 12.3. The first-order valence-corrected chi connectivity index (χ1v) is 6.64. The van der Waals surface area contributed by atoms with Gasteiger partial charge in [0, 0.05) is 23.2 Å². The average Bonchev–Trinajstić information content (AvgIpc) is 2.51. The molecule has 0 fully saturated rings. The predicted molar refractivity (Wildman–Crippen MR) is 80.5 cm³/mol. The van der Waals surface area contributed by atoms with E-state index in [1.807, 2.05) is 31.2 Å². The molecule has 2 aromatic heterocycles. The lowest BCUT2D eigenvalue weighted by Crippen LogP contribution is -2.09.